The summed E-state index contributed by atoms with van der Waals surface area (Å²) in [6, 6.07) is 5.95. The maximum Gasteiger partial charge on any atom is 0.272 e. The molecule has 0 bridgehead atoms. The summed E-state index contributed by atoms with van der Waals surface area (Å²) in [5, 5.41) is 2.93. The summed E-state index contributed by atoms with van der Waals surface area (Å²) in [4.78, 5) is 22.2. The Morgan fingerprint density at radius 3 is 2.86 bits per heavy atom. The molecular formula is C21H28N4O3. The molecule has 1 amide bonds. The molecule has 7 nitrogen and oxygen atoms in total. The highest BCUT2D eigenvalue weighted by Crippen LogP contribution is 2.32. The second kappa shape index (κ2) is 8.12. The topological polar surface area (TPSA) is 79.5 Å². The number of aryl methyl sites for hydroxylation is 1. The molecule has 2 heterocycles. The second-order valence-electron chi connectivity index (χ2n) is 7.49. The van der Waals surface area contributed by atoms with Crippen LogP contribution in [-0.2, 0) is 13.0 Å². The smallest absolute Gasteiger partial charge is 0.272 e. The maximum absolute atomic E-state index is 12.2. The fraction of sp³-hybridized carbons (Fsp3) is 0.524. The van der Waals surface area contributed by atoms with Crippen LogP contribution in [0.3, 0.4) is 0 Å². The van der Waals surface area contributed by atoms with Crippen molar-refractivity contribution in [3.63, 3.8) is 0 Å². The van der Waals surface area contributed by atoms with Gasteiger partial charge in [-0.15, -0.1) is 0 Å². The lowest BCUT2D eigenvalue weighted by atomic mass is 10.1. The number of imidazole rings is 1. The number of H-pyrrole nitrogens is 1. The zero-order valence-electron chi connectivity index (χ0n) is 16.6. The van der Waals surface area contributed by atoms with E-state index in [1.54, 1.807) is 7.11 Å². The van der Waals surface area contributed by atoms with Crippen LogP contribution >= 0.6 is 0 Å². The van der Waals surface area contributed by atoms with Gasteiger partial charge in [-0.05, 0) is 44.2 Å². The van der Waals surface area contributed by atoms with Gasteiger partial charge in [-0.2, -0.15) is 0 Å². The van der Waals surface area contributed by atoms with Crippen molar-refractivity contribution in [2.75, 3.05) is 18.7 Å². The largest absolute Gasteiger partial charge is 0.497 e. The Morgan fingerprint density at radius 1 is 1.29 bits per heavy atom. The third kappa shape index (κ3) is 3.79. The molecule has 1 aliphatic carbocycles. The van der Waals surface area contributed by atoms with Gasteiger partial charge >= 0.3 is 0 Å². The highest BCUT2D eigenvalue weighted by atomic mass is 16.5. The van der Waals surface area contributed by atoms with Crippen molar-refractivity contribution >= 4 is 11.7 Å². The van der Waals surface area contributed by atoms with Crippen LogP contribution in [-0.4, -0.2) is 35.8 Å². The molecule has 1 aliphatic heterocycles. The number of rotatable bonds is 7. The molecular weight excluding hydrogens is 356 g/mol. The number of hydrogen-bond donors (Lipinski definition) is 2. The van der Waals surface area contributed by atoms with Crippen molar-refractivity contribution in [3.8, 4) is 11.5 Å². The van der Waals surface area contributed by atoms with Crippen molar-refractivity contribution < 1.29 is 14.3 Å². The van der Waals surface area contributed by atoms with Gasteiger partial charge in [0, 0.05) is 24.6 Å². The van der Waals surface area contributed by atoms with E-state index in [2.05, 4.69) is 27.1 Å². The van der Waals surface area contributed by atoms with E-state index in [9.17, 15) is 4.79 Å². The average molecular weight is 384 g/mol. The quantitative estimate of drug-likeness (QED) is 0.765. The zero-order chi connectivity index (χ0) is 19.5. The third-order valence-corrected chi connectivity index (χ3v) is 5.41. The summed E-state index contributed by atoms with van der Waals surface area (Å²) < 4.78 is 11.7. The molecule has 28 heavy (non-hydrogen) atoms. The minimum Gasteiger partial charge on any atom is -0.497 e. The number of carbonyl (C=O) groups is 1. The molecule has 1 fully saturated rings. The lowest BCUT2D eigenvalue weighted by Crippen LogP contribution is -2.43. The molecule has 2 aromatic rings. The first-order valence-corrected chi connectivity index (χ1v) is 10.1. The first-order valence-electron chi connectivity index (χ1n) is 10.1. The first-order chi connectivity index (χ1) is 13.7. The van der Waals surface area contributed by atoms with E-state index in [1.807, 2.05) is 18.2 Å². The molecule has 0 spiro atoms. The van der Waals surface area contributed by atoms with Crippen LogP contribution < -0.4 is 19.7 Å². The molecule has 2 aliphatic rings. The fourth-order valence-corrected chi connectivity index (χ4v) is 3.91. The van der Waals surface area contributed by atoms with Crippen LogP contribution in [0.15, 0.2) is 18.2 Å². The lowest BCUT2D eigenvalue weighted by molar-refractivity contribution is 0.0942. The number of methoxy groups -OCH3 is 1. The molecule has 0 saturated heterocycles. The molecule has 1 aromatic carbocycles. The van der Waals surface area contributed by atoms with E-state index in [0.29, 0.717) is 18.9 Å². The minimum atomic E-state index is -0.0988. The minimum absolute atomic E-state index is 0.0988. The normalized spacial score (nSPS) is 16.8. The van der Waals surface area contributed by atoms with Gasteiger partial charge in [0.1, 0.15) is 23.0 Å². The Morgan fingerprint density at radius 2 is 2.11 bits per heavy atom. The Labute approximate surface area is 165 Å². The monoisotopic (exact) mass is 384 g/mol. The number of nitrogens with zero attached hydrogens (tertiary/aromatic N) is 2. The second-order valence-corrected chi connectivity index (χ2v) is 7.49. The van der Waals surface area contributed by atoms with E-state index in [0.717, 1.165) is 54.4 Å². The molecule has 7 heteroatoms. The van der Waals surface area contributed by atoms with Crippen LogP contribution in [0, 0.1) is 0 Å². The number of amides is 1. The average Bonchev–Trinajstić information content (AvgIpc) is 3.36. The van der Waals surface area contributed by atoms with E-state index in [1.165, 1.54) is 12.8 Å². The molecule has 1 aromatic heterocycles. The van der Waals surface area contributed by atoms with Crippen LogP contribution in [0.2, 0.25) is 0 Å². The summed E-state index contributed by atoms with van der Waals surface area (Å²) in [6.07, 6.45) is 6.71. The summed E-state index contributed by atoms with van der Waals surface area (Å²) in [7, 11) is 1.67. The van der Waals surface area contributed by atoms with Crippen LogP contribution in [0.5, 0.6) is 11.5 Å². The molecule has 0 unspecified atom stereocenters. The van der Waals surface area contributed by atoms with Gasteiger partial charge in [-0.25, -0.2) is 4.98 Å². The lowest BCUT2D eigenvalue weighted by Gasteiger charge is -2.28. The number of aromatic nitrogens is 2. The number of fused-ring (bicyclic) bond motifs is 1. The van der Waals surface area contributed by atoms with Crippen molar-refractivity contribution in [1.82, 2.24) is 15.3 Å². The van der Waals surface area contributed by atoms with E-state index < -0.39 is 0 Å². The van der Waals surface area contributed by atoms with Crippen molar-refractivity contribution in [2.24, 2.45) is 0 Å². The molecule has 0 atom stereocenters. The van der Waals surface area contributed by atoms with Gasteiger partial charge in [0.15, 0.2) is 5.82 Å². The summed E-state index contributed by atoms with van der Waals surface area (Å²) in [5.74, 6) is 3.11. The Kier molecular flexibility index (Phi) is 5.41. The summed E-state index contributed by atoms with van der Waals surface area (Å²) >= 11 is 0. The number of ether oxygens (including phenoxy) is 2. The predicted octanol–water partition coefficient (Wildman–Crippen LogP) is 3.40. The van der Waals surface area contributed by atoms with Gasteiger partial charge < -0.3 is 24.7 Å². The number of aromatic amines is 1. The SMILES string of the molecule is CCCc1nc2c([nH]1)C(=O)NCN2Cc1ccc(OC)cc1OC1CCCC1. The van der Waals surface area contributed by atoms with Crippen molar-refractivity contribution in [2.45, 2.75) is 58.1 Å². The Balaban J connectivity index is 1.60. The van der Waals surface area contributed by atoms with E-state index >= 15 is 0 Å². The van der Waals surface area contributed by atoms with E-state index in [-0.39, 0.29) is 12.0 Å². The van der Waals surface area contributed by atoms with Gasteiger partial charge in [0.05, 0.1) is 19.9 Å². The predicted molar refractivity (Wildman–Crippen MR) is 107 cm³/mol. The molecule has 2 N–H and O–H groups in total. The first kappa shape index (κ1) is 18.7. The zero-order valence-corrected chi connectivity index (χ0v) is 16.6. The highest BCUT2D eigenvalue weighted by Gasteiger charge is 2.28. The van der Waals surface area contributed by atoms with Crippen LogP contribution in [0.4, 0.5) is 5.82 Å². The fourth-order valence-electron chi connectivity index (χ4n) is 3.91. The maximum atomic E-state index is 12.2. The van der Waals surface area contributed by atoms with Gasteiger partial charge in [-0.1, -0.05) is 6.92 Å². The highest BCUT2D eigenvalue weighted by molar-refractivity contribution is 5.98. The van der Waals surface area contributed by atoms with Crippen LogP contribution in [0.25, 0.3) is 0 Å². The van der Waals surface area contributed by atoms with Crippen molar-refractivity contribution in [1.29, 1.82) is 0 Å². The number of nitrogens with one attached hydrogen (secondary N) is 2. The number of hydrogen-bond acceptors (Lipinski definition) is 5. The number of carbonyl (C=O) groups excluding carboxylic acids is 1. The van der Waals surface area contributed by atoms with Gasteiger partial charge in [-0.3, -0.25) is 4.79 Å². The van der Waals surface area contributed by atoms with Crippen molar-refractivity contribution in [3.05, 3.63) is 35.3 Å². The standard InChI is InChI=1S/C21H28N4O3/c1-3-6-18-23-19-20(24-18)25(13-22-21(19)26)12-14-9-10-16(27-2)11-17(14)28-15-7-4-5-8-15/h9-11,15H,3-8,12-13H2,1-2H3,(H,22,26)(H,23,24). The number of anilines is 1. The molecule has 4 rings (SSSR count). The van der Waals surface area contributed by atoms with Gasteiger partial charge in [0.2, 0.25) is 0 Å². The summed E-state index contributed by atoms with van der Waals surface area (Å²) in [6.45, 7) is 3.14. The van der Waals surface area contributed by atoms with Crippen LogP contribution in [0.1, 0.15) is 60.9 Å². The van der Waals surface area contributed by atoms with E-state index in [4.69, 9.17) is 9.47 Å². The molecule has 1 saturated carbocycles. The Hall–Kier alpha value is -2.70. The molecule has 150 valence electrons. The number of benzene rings is 1. The molecule has 0 radical (unpaired) electrons. The third-order valence-electron chi connectivity index (χ3n) is 5.41. The Bertz CT molecular complexity index is 842. The van der Waals surface area contributed by atoms with Gasteiger partial charge in [0.25, 0.3) is 5.91 Å². The summed E-state index contributed by atoms with van der Waals surface area (Å²) in [5.41, 5.74) is 1.61.